The molecule has 0 aliphatic rings. The van der Waals surface area contributed by atoms with Crippen LogP contribution in [0.3, 0.4) is 0 Å². The normalized spacial score (nSPS) is 12.4. The van der Waals surface area contributed by atoms with Crippen LogP contribution in [0.2, 0.25) is 0 Å². The van der Waals surface area contributed by atoms with Crippen molar-refractivity contribution in [2.24, 2.45) is 7.05 Å². The van der Waals surface area contributed by atoms with Crippen molar-refractivity contribution in [3.63, 3.8) is 0 Å². The lowest BCUT2D eigenvalue weighted by Crippen LogP contribution is -2.13. The summed E-state index contributed by atoms with van der Waals surface area (Å²) in [7, 11) is 1.03. The molecule has 1 N–H and O–H groups in total. The van der Waals surface area contributed by atoms with Gasteiger partial charge >= 0.3 is 12.4 Å². The van der Waals surface area contributed by atoms with E-state index in [2.05, 4.69) is 20.3 Å². The quantitative estimate of drug-likeness (QED) is 0.358. The molecule has 0 bridgehead atoms. The summed E-state index contributed by atoms with van der Waals surface area (Å²) in [6.07, 6.45) is -10.4. The maximum absolute atomic E-state index is 14.6. The molecule has 5 nitrogen and oxygen atoms in total. The highest BCUT2D eigenvalue weighted by molar-refractivity contribution is 5.72. The molecule has 0 fully saturated rings. The van der Waals surface area contributed by atoms with Gasteiger partial charge in [-0.25, -0.2) is 23.7 Å². The molecule has 0 saturated heterocycles. The molecule has 0 spiro atoms. The van der Waals surface area contributed by atoms with E-state index in [1.165, 1.54) is 18.2 Å². The fraction of sp³-hybridized carbons (Fsp3) is 0.190. The van der Waals surface area contributed by atoms with Crippen LogP contribution in [0.25, 0.3) is 11.3 Å². The number of rotatable bonds is 4. The Bertz CT molecular complexity index is 1370. The highest BCUT2D eigenvalue weighted by atomic mass is 19.4. The Labute approximate surface area is 186 Å². The van der Waals surface area contributed by atoms with Gasteiger partial charge in [-0.15, -0.1) is 0 Å². The fourth-order valence-electron chi connectivity index (χ4n) is 3.31. The van der Waals surface area contributed by atoms with E-state index in [9.17, 15) is 35.1 Å². The van der Waals surface area contributed by atoms with Crippen molar-refractivity contribution in [3.8, 4) is 0 Å². The Hall–Kier alpha value is -3.77. The summed E-state index contributed by atoms with van der Waals surface area (Å²) in [6.45, 7) is 0. The number of imidazole rings is 1. The predicted molar refractivity (Wildman–Crippen MR) is 105 cm³/mol. The van der Waals surface area contributed by atoms with E-state index >= 15 is 0 Å². The number of benzene rings is 2. The van der Waals surface area contributed by atoms with Gasteiger partial charge in [0.05, 0.1) is 16.9 Å². The fourth-order valence-corrected chi connectivity index (χ4v) is 3.31. The lowest BCUT2D eigenvalue weighted by atomic mass is 10.0. The number of fused-ring (bicyclic) bond motifs is 1. The largest absolute Gasteiger partial charge is 0.449 e. The van der Waals surface area contributed by atoms with E-state index in [-0.39, 0.29) is 22.8 Å². The molecule has 4 rings (SSSR count). The summed E-state index contributed by atoms with van der Waals surface area (Å²) in [4.78, 5) is 11.5. The molecule has 34 heavy (non-hydrogen) atoms. The number of aryl methyl sites for hydroxylation is 1. The maximum atomic E-state index is 14.6. The maximum Gasteiger partial charge on any atom is 0.449 e. The van der Waals surface area contributed by atoms with Crippen LogP contribution >= 0.6 is 0 Å². The zero-order valence-electron chi connectivity index (χ0n) is 17.1. The van der Waals surface area contributed by atoms with Gasteiger partial charge in [0.1, 0.15) is 11.6 Å². The van der Waals surface area contributed by atoms with Crippen molar-refractivity contribution in [3.05, 3.63) is 76.7 Å². The van der Waals surface area contributed by atoms with Gasteiger partial charge in [-0.2, -0.15) is 26.3 Å². The van der Waals surface area contributed by atoms with Crippen LogP contribution in [0.1, 0.15) is 22.6 Å². The van der Waals surface area contributed by atoms with Crippen molar-refractivity contribution >= 4 is 22.8 Å². The number of aromatic nitrogens is 4. The lowest BCUT2D eigenvalue weighted by molar-refractivity contribution is -0.146. The first-order chi connectivity index (χ1) is 15.9. The van der Waals surface area contributed by atoms with Crippen molar-refractivity contribution < 1.29 is 35.1 Å². The van der Waals surface area contributed by atoms with Gasteiger partial charge < -0.3 is 9.88 Å². The number of halogens is 8. The van der Waals surface area contributed by atoms with Gasteiger partial charge in [0.2, 0.25) is 5.82 Å². The molecule has 0 saturated carbocycles. The molecule has 0 amide bonds. The van der Waals surface area contributed by atoms with Crippen LogP contribution in [0.15, 0.2) is 42.5 Å². The lowest BCUT2D eigenvalue weighted by Gasteiger charge is -2.14. The molecule has 2 aromatic heterocycles. The Morgan fingerprint density at radius 3 is 2.21 bits per heavy atom. The van der Waals surface area contributed by atoms with E-state index in [0.717, 1.165) is 25.2 Å². The molecule has 13 heteroatoms. The van der Waals surface area contributed by atoms with Crippen LogP contribution in [0.5, 0.6) is 0 Å². The third-order valence-corrected chi connectivity index (χ3v) is 4.90. The van der Waals surface area contributed by atoms with Gasteiger partial charge in [0.15, 0.2) is 17.1 Å². The minimum Gasteiger partial charge on any atom is -0.336 e. The van der Waals surface area contributed by atoms with Gasteiger partial charge in [0.25, 0.3) is 0 Å². The first-order valence-electron chi connectivity index (χ1n) is 9.53. The molecule has 0 atom stereocenters. The third kappa shape index (κ3) is 4.37. The van der Waals surface area contributed by atoms with E-state index in [0.29, 0.717) is 10.6 Å². The molecule has 0 aliphatic heterocycles. The van der Waals surface area contributed by atoms with Gasteiger partial charge in [-0.1, -0.05) is 24.3 Å². The standard InChI is InChI=1S/C21H13F8N5/c1-34-18-17(33-19(34)21(27,28)29)32-16(30-13-8-3-2-7-12(13)22)14(31-18)9-10-5-4-6-11(15(10)23)20(24,25)26/h2-8H,9H2,1H3,(H,30,32). The molecular weight excluding hydrogens is 474 g/mol. The number of hydrogen-bond donors (Lipinski definition) is 1. The second-order valence-corrected chi connectivity index (χ2v) is 7.22. The molecule has 178 valence electrons. The molecule has 2 heterocycles. The summed E-state index contributed by atoms with van der Waals surface area (Å²) in [5.74, 6) is -3.91. The van der Waals surface area contributed by atoms with Crippen molar-refractivity contribution in [2.75, 3.05) is 5.32 Å². The SMILES string of the molecule is Cn1c(C(F)(F)F)nc2nc(Nc3ccccc3F)c(Cc3cccc(C(F)(F)F)c3F)nc21. The van der Waals surface area contributed by atoms with Crippen molar-refractivity contribution in [2.45, 2.75) is 18.8 Å². The molecular formula is C21H13F8N5. The number of para-hydroxylation sites is 1. The van der Waals surface area contributed by atoms with Gasteiger partial charge in [0, 0.05) is 13.5 Å². The molecule has 4 aromatic rings. The van der Waals surface area contributed by atoms with Crippen LogP contribution in [-0.4, -0.2) is 19.5 Å². The van der Waals surface area contributed by atoms with E-state index < -0.39 is 53.0 Å². The van der Waals surface area contributed by atoms with Crippen LogP contribution in [0.4, 0.5) is 46.6 Å². The highest BCUT2D eigenvalue weighted by Gasteiger charge is 2.38. The summed E-state index contributed by atoms with van der Waals surface area (Å²) in [6, 6.07) is 7.88. The number of alkyl halides is 6. The minimum atomic E-state index is -4.96. The molecule has 2 aromatic carbocycles. The number of hydrogen-bond acceptors (Lipinski definition) is 4. The average Bonchev–Trinajstić information content (AvgIpc) is 3.06. The third-order valence-electron chi connectivity index (χ3n) is 4.90. The average molecular weight is 487 g/mol. The Morgan fingerprint density at radius 2 is 1.56 bits per heavy atom. The molecule has 0 radical (unpaired) electrons. The Morgan fingerprint density at radius 1 is 0.853 bits per heavy atom. The number of anilines is 2. The topological polar surface area (TPSA) is 55.6 Å². The van der Waals surface area contributed by atoms with E-state index in [4.69, 9.17) is 0 Å². The second kappa shape index (κ2) is 8.22. The summed E-state index contributed by atoms with van der Waals surface area (Å²) in [5.41, 5.74) is -3.07. The highest BCUT2D eigenvalue weighted by Crippen LogP contribution is 2.34. The van der Waals surface area contributed by atoms with Crippen LogP contribution in [-0.2, 0) is 25.8 Å². The monoisotopic (exact) mass is 487 g/mol. The van der Waals surface area contributed by atoms with Crippen LogP contribution < -0.4 is 5.32 Å². The summed E-state index contributed by atoms with van der Waals surface area (Å²) >= 11 is 0. The van der Waals surface area contributed by atoms with Gasteiger partial charge in [-0.3, -0.25) is 0 Å². The summed E-state index contributed by atoms with van der Waals surface area (Å²) in [5, 5.41) is 2.56. The number of nitrogens with zero attached hydrogens (tertiary/aromatic N) is 4. The minimum absolute atomic E-state index is 0.131. The second-order valence-electron chi connectivity index (χ2n) is 7.22. The molecule has 0 aliphatic carbocycles. The zero-order valence-corrected chi connectivity index (χ0v) is 17.1. The first-order valence-corrected chi connectivity index (χ1v) is 9.53. The van der Waals surface area contributed by atoms with Gasteiger partial charge in [-0.05, 0) is 23.8 Å². The van der Waals surface area contributed by atoms with Crippen molar-refractivity contribution in [1.29, 1.82) is 0 Å². The van der Waals surface area contributed by atoms with E-state index in [1.807, 2.05) is 0 Å². The first kappa shape index (κ1) is 23.4. The van der Waals surface area contributed by atoms with Crippen LogP contribution in [0, 0.1) is 11.6 Å². The smallest absolute Gasteiger partial charge is 0.336 e. The Kier molecular flexibility index (Phi) is 5.66. The van der Waals surface area contributed by atoms with E-state index in [1.54, 1.807) is 0 Å². The predicted octanol–water partition coefficient (Wildman–Crippen LogP) is 6.01. The van der Waals surface area contributed by atoms with Crippen molar-refractivity contribution in [1.82, 2.24) is 19.5 Å². The molecule has 0 unspecified atom stereocenters. The number of nitrogens with one attached hydrogen (secondary N) is 1. The zero-order chi connectivity index (χ0) is 24.8. The Balaban J connectivity index is 1.88. The summed E-state index contributed by atoms with van der Waals surface area (Å²) < 4.78 is 109.